The lowest BCUT2D eigenvalue weighted by Gasteiger charge is -2.18. The molecule has 0 fully saturated rings. The van der Waals surface area contributed by atoms with Gasteiger partial charge in [-0.2, -0.15) is 5.10 Å². The molecule has 0 aliphatic rings. The molecule has 2 amide bonds. The van der Waals surface area contributed by atoms with E-state index < -0.39 is 0 Å². The quantitative estimate of drug-likeness (QED) is 0.377. The molecular weight excluding hydrogens is 460 g/mol. The van der Waals surface area contributed by atoms with Crippen molar-refractivity contribution < 1.29 is 9.59 Å². The summed E-state index contributed by atoms with van der Waals surface area (Å²) in [6.07, 6.45) is 1.97. The van der Waals surface area contributed by atoms with Gasteiger partial charge in [0, 0.05) is 35.1 Å². The van der Waals surface area contributed by atoms with Gasteiger partial charge in [-0.15, -0.1) is 0 Å². The number of nitrogens with one attached hydrogen (secondary N) is 1. The highest BCUT2D eigenvalue weighted by molar-refractivity contribution is 6.30. The lowest BCUT2D eigenvalue weighted by molar-refractivity contribution is -0.132. The molecule has 0 atom stereocenters. The Hall–Kier alpha value is -3.90. The number of anilines is 1. The summed E-state index contributed by atoms with van der Waals surface area (Å²) >= 11 is 6.07. The highest BCUT2D eigenvalue weighted by atomic mass is 35.5. The number of hydrogen-bond acceptors (Lipinski definition) is 3. The summed E-state index contributed by atoms with van der Waals surface area (Å²) in [6.45, 7) is 3.84. The second kappa shape index (κ2) is 10.6. The van der Waals surface area contributed by atoms with Crippen LogP contribution in [0.2, 0.25) is 5.02 Å². The Balaban J connectivity index is 1.53. The van der Waals surface area contributed by atoms with Crippen molar-refractivity contribution in [3.05, 3.63) is 101 Å². The highest BCUT2D eigenvalue weighted by Gasteiger charge is 2.19. The van der Waals surface area contributed by atoms with Gasteiger partial charge in [0.15, 0.2) is 0 Å². The van der Waals surface area contributed by atoms with Gasteiger partial charge >= 0.3 is 0 Å². The Morgan fingerprint density at radius 2 is 1.60 bits per heavy atom. The van der Waals surface area contributed by atoms with Crippen LogP contribution in [0.5, 0.6) is 0 Å². The minimum atomic E-state index is -0.240. The van der Waals surface area contributed by atoms with Crippen molar-refractivity contribution in [1.29, 1.82) is 0 Å². The first-order chi connectivity index (χ1) is 16.8. The number of likely N-dealkylation sites (N-methyl/N-ethyl adjacent to an activating group) is 1. The molecule has 6 nitrogen and oxygen atoms in total. The average Bonchev–Trinajstić information content (AvgIpc) is 3.26. The zero-order valence-electron chi connectivity index (χ0n) is 20.0. The van der Waals surface area contributed by atoms with Gasteiger partial charge in [0.25, 0.3) is 0 Å². The average molecular weight is 487 g/mol. The lowest BCUT2D eigenvalue weighted by atomic mass is 10.1. The molecule has 0 saturated carbocycles. The van der Waals surface area contributed by atoms with Crippen LogP contribution < -0.4 is 5.32 Å². The van der Waals surface area contributed by atoms with Crippen LogP contribution in [-0.2, 0) is 16.0 Å². The third-order valence-corrected chi connectivity index (χ3v) is 6.07. The molecule has 178 valence electrons. The maximum atomic E-state index is 13.1. The van der Waals surface area contributed by atoms with Crippen molar-refractivity contribution >= 4 is 29.1 Å². The molecule has 35 heavy (non-hydrogen) atoms. The fourth-order valence-electron chi connectivity index (χ4n) is 3.89. The van der Waals surface area contributed by atoms with Gasteiger partial charge in [-0.1, -0.05) is 60.1 Å². The largest absolute Gasteiger partial charge is 0.336 e. The second-order valence-electron chi connectivity index (χ2n) is 8.53. The van der Waals surface area contributed by atoms with E-state index in [4.69, 9.17) is 16.7 Å². The van der Waals surface area contributed by atoms with E-state index in [1.54, 1.807) is 23.9 Å². The number of benzene rings is 3. The van der Waals surface area contributed by atoms with Crippen molar-refractivity contribution in [2.45, 2.75) is 20.3 Å². The first kappa shape index (κ1) is 24.2. The standard InChI is InChI=1S/C28H27ClN4O2/c1-19-8-7-9-20(2)27(19)30-25(34)18-32(3)26(35)16-22-17-33(24-10-5-4-6-11-24)31-28(22)21-12-14-23(29)15-13-21/h4-15,17H,16,18H2,1-3H3,(H,30,34). The number of nitrogens with zero attached hydrogens (tertiary/aromatic N) is 3. The smallest absolute Gasteiger partial charge is 0.243 e. The van der Waals surface area contributed by atoms with E-state index in [2.05, 4.69) is 5.32 Å². The van der Waals surface area contributed by atoms with E-state index in [1.807, 2.05) is 80.7 Å². The molecule has 4 rings (SSSR count). The van der Waals surface area contributed by atoms with Crippen molar-refractivity contribution in [3.8, 4) is 16.9 Å². The maximum Gasteiger partial charge on any atom is 0.243 e. The monoisotopic (exact) mass is 486 g/mol. The summed E-state index contributed by atoms with van der Waals surface area (Å²) < 4.78 is 1.76. The molecule has 0 spiro atoms. The van der Waals surface area contributed by atoms with Crippen molar-refractivity contribution in [1.82, 2.24) is 14.7 Å². The molecule has 0 unspecified atom stereocenters. The number of carbonyl (C=O) groups excluding carboxylic acids is 2. The van der Waals surface area contributed by atoms with Crippen LogP contribution in [0.25, 0.3) is 16.9 Å². The zero-order chi connectivity index (χ0) is 24.9. The van der Waals surface area contributed by atoms with Crippen LogP contribution in [0.15, 0.2) is 79.0 Å². The number of amides is 2. The summed E-state index contributed by atoms with van der Waals surface area (Å²) in [7, 11) is 1.64. The third kappa shape index (κ3) is 5.78. The Kier molecular flexibility index (Phi) is 7.32. The predicted molar refractivity (Wildman–Crippen MR) is 140 cm³/mol. The van der Waals surface area contributed by atoms with E-state index in [1.165, 1.54) is 4.90 Å². The number of aromatic nitrogens is 2. The normalized spacial score (nSPS) is 10.7. The Labute approximate surface area is 210 Å². The van der Waals surface area contributed by atoms with Crippen molar-refractivity contribution in [2.24, 2.45) is 0 Å². The summed E-state index contributed by atoms with van der Waals surface area (Å²) in [4.78, 5) is 27.2. The van der Waals surface area contributed by atoms with Crippen LogP contribution in [0.1, 0.15) is 16.7 Å². The molecular formula is C28H27ClN4O2. The fraction of sp³-hybridized carbons (Fsp3) is 0.179. The van der Waals surface area contributed by atoms with Gasteiger partial charge in [0.1, 0.15) is 0 Å². The van der Waals surface area contributed by atoms with Crippen LogP contribution in [0.3, 0.4) is 0 Å². The predicted octanol–water partition coefficient (Wildman–Crippen LogP) is 5.45. The molecule has 0 radical (unpaired) electrons. The van der Waals surface area contributed by atoms with Crippen LogP contribution in [0, 0.1) is 13.8 Å². The minimum Gasteiger partial charge on any atom is -0.336 e. The fourth-order valence-corrected chi connectivity index (χ4v) is 4.02. The third-order valence-electron chi connectivity index (χ3n) is 5.82. The first-order valence-electron chi connectivity index (χ1n) is 11.3. The molecule has 0 bridgehead atoms. The summed E-state index contributed by atoms with van der Waals surface area (Å²) in [5, 5.41) is 8.32. The second-order valence-corrected chi connectivity index (χ2v) is 8.97. The number of rotatable bonds is 7. The number of carbonyl (C=O) groups is 2. The van der Waals surface area contributed by atoms with Crippen LogP contribution >= 0.6 is 11.6 Å². The number of para-hydroxylation sites is 2. The minimum absolute atomic E-state index is 0.0459. The molecule has 0 aliphatic carbocycles. The van der Waals surface area contributed by atoms with Gasteiger partial charge < -0.3 is 10.2 Å². The SMILES string of the molecule is Cc1cccc(C)c1NC(=O)CN(C)C(=O)Cc1cn(-c2ccccc2)nc1-c1ccc(Cl)cc1. The van der Waals surface area contributed by atoms with Crippen molar-refractivity contribution in [3.63, 3.8) is 0 Å². The topological polar surface area (TPSA) is 67.2 Å². The van der Waals surface area contributed by atoms with Gasteiger partial charge in [-0.25, -0.2) is 4.68 Å². The molecule has 0 saturated heterocycles. The molecule has 1 N–H and O–H groups in total. The molecule has 3 aromatic carbocycles. The molecule has 0 aliphatic heterocycles. The highest BCUT2D eigenvalue weighted by Crippen LogP contribution is 2.26. The molecule has 4 aromatic rings. The van der Waals surface area contributed by atoms with Gasteiger partial charge in [-0.05, 0) is 49.2 Å². The Morgan fingerprint density at radius 3 is 2.26 bits per heavy atom. The number of halogens is 1. The van der Waals surface area contributed by atoms with E-state index in [0.29, 0.717) is 10.7 Å². The van der Waals surface area contributed by atoms with E-state index >= 15 is 0 Å². The number of aryl methyl sites for hydroxylation is 2. The summed E-state index contributed by atoms with van der Waals surface area (Å²) in [6, 6.07) is 22.9. The number of hydrogen-bond donors (Lipinski definition) is 1. The van der Waals surface area contributed by atoms with E-state index in [9.17, 15) is 9.59 Å². The summed E-state index contributed by atoms with van der Waals surface area (Å²) in [5.41, 5.74) is 5.97. The molecule has 1 aromatic heterocycles. The zero-order valence-corrected chi connectivity index (χ0v) is 20.7. The maximum absolute atomic E-state index is 13.1. The van der Waals surface area contributed by atoms with E-state index in [0.717, 1.165) is 33.6 Å². The molecule has 1 heterocycles. The summed E-state index contributed by atoms with van der Waals surface area (Å²) in [5.74, 6) is -0.416. The van der Waals surface area contributed by atoms with Crippen LogP contribution in [0.4, 0.5) is 5.69 Å². The van der Waals surface area contributed by atoms with Gasteiger partial charge in [-0.3, -0.25) is 9.59 Å². The van der Waals surface area contributed by atoms with Gasteiger partial charge in [0.2, 0.25) is 11.8 Å². The van der Waals surface area contributed by atoms with Crippen molar-refractivity contribution in [2.75, 3.05) is 18.9 Å². The Morgan fingerprint density at radius 1 is 0.943 bits per heavy atom. The molecule has 7 heteroatoms. The Bertz CT molecular complexity index is 1330. The van der Waals surface area contributed by atoms with Crippen LogP contribution in [-0.4, -0.2) is 40.1 Å². The first-order valence-corrected chi connectivity index (χ1v) is 11.7. The van der Waals surface area contributed by atoms with Gasteiger partial charge in [0.05, 0.1) is 24.3 Å². The van der Waals surface area contributed by atoms with E-state index in [-0.39, 0.29) is 24.8 Å². The lowest BCUT2D eigenvalue weighted by Crippen LogP contribution is -2.36.